The Kier molecular flexibility index (Phi) is 5.96. The lowest BCUT2D eigenvalue weighted by Crippen LogP contribution is -2.39. The molecule has 4 rings (SSSR count). The largest absolute Gasteiger partial charge is 0.332 e. The molecular weight excluding hydrogens is 408 g/mol. The summed E-state index contributed by atoms with van der Waals surface area (Å²) in [6.45, 7) is 6.60. The summed E-state index contributed by atoms with van der Waals surface area (Å²) in [5, 5.41) is 3.08. The number of hydrogen-bond acceptors (Lipinski definition) is 5. The van der Waals surface area contributed by atoms with Gasteiger partial charge in [-0.1, -0.05) is 63.2 Å². The predicted octanol–water partition coefficient (Wildman–Crippen LogP) is 4.00. The van der Waals surface area contributed by atoms with Crippen molar-refractivity contribution < 1.29 is 0 Å². The van der Waals surface area contributed by atoms with Crippen LogP contribution in [0, 0.1) is 5.92 Å². The van der Waals surface area contributed by atoms with E-state index in [1.807, 2.05) is 32.0 Å². The molecule has 0 amide bonds. The second-order valence-electron chi connectivity index (χ2n) is 8.05. The Bertz CT molecular complexity index is 1380. The van der Waals surface area contributed by atoms with E-state index in [9.17, 15) is 9.59 Å². The number of nitrogens with zero attached hydrogens (tertiary/aromatic N) is 4. The standard InChI is InChI=1S/C24H26N4O2S/c1-5-31-22-19(13-17-11-8-10-16-9-6-7-12-18(16)17)25-21-20(26-22)23(29)27(4)24(30)28(21)14-15(2)3/h6-12,15H,5,13-14H2,1-4H3. The summed E-state index contributed by atoms with van der Waals surface area (Å²) in [5.41, 5.74) is 1.81. The summed E-state index contributed by atoms with van der Waals surface area (Å²) in [4.78, 5) is 35.3. The maximum atomic E-state index is 12.8. The van der Waals surface area contributed by atoms with Gasteiger partial charge < -0.3 is 0 Å². The first-order valence-electron chi connectivity index (χ1n) is 10.5. The molecule has 0 atom stereocenters. The zero-order valence-electron chi connectivity index (χ0n) is 18.3. The van der Waals surface area contributed by atoms with Gasteiger partial charge in [-0.15, -0.1) is 11.8 Å². The van der Waals surface area contributed by atoms with Gasteiger partial charge >= 0.3 is 5.69 Å². The van der Waals surface area contributed by atoms with Gasteiger partial charge in [0.1, 0.15) is 5.03 Å². The summed E-state index contributed by atoms with van der Waals surface area (Å²) in [5.74, 6) is 1.04. The number of hydrogen-bond donors (Lipinski definition) is 0. The molecule has 0 fully saturated rings. The first-order chi connectivity index (χ1) is 14.9. The summed E-state index contributed by atoms with van der Waals surface area (Å²) in [6, 6.07) is 14.5. The van der Waals surface area contributed by atoms with Crippen molar-refractivity contribution >= 4 is 33.7 Å². The number of aromatic nitrogens is 4. The van der Waals surface area contributed by atoms with Crippen LogP contribution in [0.4, 0.5) is 0 Å². The van der Waals surface area contributed by atoms with Gasteiger partial charge in [0.25, 0.3) is 5.56 Å². The van der Waals surface area contributed by atoms with Crippen LogP contribution < -0.4 is 11.2 Å². The molecule has 0 radical (unpaired) electrons. The predicted molar refractivity (Wildman–Crippen MR) is 127 cm³/mol. The van der Waals surface area contributed by atoms with Crippen LogP contribution >= 0.6 is 11.8 Å². The Morgan fingerprint density at radius 3 is 2.52 bits per heavy atom. The van der Waals surface area contributed by atoms with Gasteiger partial charge in [-0.2, -0.15) is 0 Å². The van der Waals surface area contributed by atoms with E-state index in [0.29, 0.717) is 18.6 Å². The van der Waals surface area contributed by atoms with Gasteiger partial charge in [0.15, 0.2) is 11.2 Å². The van der Waals surface area contributed by atoms with Gasteiger partial charge in [0.2, 0.25) is 0 Å². The molecule has 2 aromatic heterocycles. The molecule has 0 N–H and O–H groups in total. The maximum absolute atomic E-state index is 12.8. The summed E-state index contributed by atoms with van der Waals surface area (Å²) < 4.78 is 2.71. The lowest BCUT2D eigenvalue weighted by atomic mass is 10.0. The molecule has 0 saturated heterocycles. The van der Waals surface area contributed by atoms with Crippen LogP contribution in [-0.2, 0) is 20.0 Å². The highest BCUT2D eigenvalue weighted by Crippen LogP contribution is 2.26. The van der Waals surface area contributed by atoms with Crippen molar-refractivity contribution in [3.8, 4) is 0 Å². The molecule has 0 saturated carbocycles. The molecule has 0 aliphatic carbocycles. The fraction of sp³-hybridized carbons (Fsp3) is 0.333. The third-order valence-electron chi connectivity index (χ3n) is 5.26. The van der Waals surface area contributed by atoms with E-state index >= 15 is 0 Å². The van der Waals surface area contributed by atoms with Crippen LogP contribution in [0.5, 0.6) is 0 Å². The fourth-order valence-electron chi connectivity index (χ4n) is 3.82. The van der Waals surface area contributed by atoms with Crippen molar-refractivity contribution in [1.82, 2.24) is 19.1 Å². The van der Waals surface area contributed by atoms with Crippen molar-refractivity contribution in [3.63, 3.8) is 0 Å². The highest BCUT2D eigenvalue weighted by atomic mass is 32.2. The van der Waals surface area contributed by atoms with E-state index in [1.54, 1.807) is 16.3 Å². The third-order valence-corrected chi connectivity index (χ3v) is 6.15. The average Bonchev–Trinajstić information content (AvgIpc) is 2.76. The molecule has 31 heavy (non-hydrogen) atoms. The normalized spacial score (nSPS) is 11.6. The molecule has 0 unspecified atom stereocenters. The van der Waals surface area contributed by atoms with E-state index < -0.39 is 5.56 Å². The summed E-state index contributed by atoms with van der Waals surface area (Å²) in [6.07, 6.45) is 0.581. The van der Waals surface area contributed by atoms with Crippen LogP contribution in [0.25, 0.3) is 21.9 Å². The quantitative estimate of drug-likeness (QED) is 0.429. The minimum Gasteiger partial charge on any atom is -0.276 e. The van der Waals surface area contributed by atoms with Crippen molar-refractivity contribution in [3.05, 3.63) is 74.6 Å². The van der Waals surface area contributed by atoms with Crippen LogP contribution in [0.15, 0.2) is 57.1 Å². The second-order valence-corrected chi connectivity index (χ2v) is 9.30. The van der Waals surface area contributed by atoms with E-state index in [4.69, 9.17) is 9.97 Å². The average molecular weight is 435 g/mol. The molecule has 0 aliphatic rings. The Morgan fingerprint density at radius 1 is 1.03 bits per heavy atom. The van der Waals surface area contributed by atoms with E-state index in [2.05, 4.69) is 31.2 Å². The maximum Gasteiger partial charge on any atom is 0.332 e. The zero-order chi connectivity index (χ0) is 22.1. The molecule has 2 aromatic carbocycles. The molecular formula is C24H26N4O2S. The lowest BCUT2D eigenvalue weighted by Gasteiger charge is -2.16. The first kappa shape index (κ1) is 21.3. The fourth-order valence-corrected chi connectivity index (χ4v) is 4.53. The van der Waals surface area contributed by atoms with E-state index in [0.717, 1.165) is 26.6 Å². The Hall–Kier alpha value is -2.93. The second kappa shape index (κ2) is 8.67. The van der Waals surface area contributed by atoms with Crippen LogP contribution in [0.1, 0.15) is 32.0 Å². The molecule has 6 nitrogen and oxygen atoms in total. The molecule has 4 aromatic rings. The smallest absolute Gasteiger partial charge is 0.276 e. The minimum atomic E-state index is -0.401. The number of fused-ring (bicyclic) bond motifs is 2. The lowest BCUT2D eigenvalue weighted by molar-refractivity contribution is 0.498. The van der Waals surface area contributed by atoms with Gasteiger partial charge in [-0.3, -0.25) is 13.9 Å². The van der Waals surface area contributed by atoms with Crippen molar-refractivity contribution in [2.45, 2.75) is 38.8 Å². The number of rotatable bonds is 6. The van der Waals surface area contributed by atoms with Gasteiger partial charge in [-0.05, 0) is 28.0 Å². The minimum absolute atomic E-state index is 0.228. The Balaban J connectivity index is 1.97. The third kappa shape index (κ3) is 4.02. The first-order valence-corrected chi connectivity index (χ1v) is 11.5. The molecule has 0 spiro atoms. The highest BCUT2D eigenvalue weighted by molar-refractivity contribution is 7.99. The summed E-state index contributed by atoms with van der Waals surface area (Å²) in [7, 11) is 1.50. The van der Waals surface area contributed by atoms with E-state index in [1.165, 1.54) is 17.8 Å². The summed E-state index contributed by atoms with van der Waals surface area (Å²) >= 11 is 1.57. The zero-order valence-corrected chi connectivity index (χ0v) is 19.1. The molecule has 0 aliphatic heterocycles. The van der Waals surface area contributed by atoms with Crippen molar-refractivity contribution in [1.29, 1.82) is 0 Å². The molecule has 0 bridgehead atoms. The number of benzene rings is 2. The topological polar surface area (TPSA) is 69.8 Å². The SMILES string of the molecule is CCSc1nc2c(=O)n(C)c(=O)n(CC(C)C)c2nc1Cc1cccc2ccccc12. The van der Waals surface area contributed by atoms with Crippen molar-refractivity contribution in [2.24, 2.45) is 13.0 Å². The Morgan fingerprint density at radius 2 is 1.77 bits per heavy atom. The molecule has 7 heteroatoms. The van der Waals surface area contributed by atoms with Gasteiger partial charge in [0, 0.05) is 20.0 Å². The van der Waals surface area contributed by atoms with Crippen molar-refractivity contribution in [2.75, 3.05) is 5.75 Å². The van der Waals surface area contributed by atoms with Crippen LogP contribution in [-0.4, -0.2) is 24.9 Å². The van der Waals surface area contributed by atoms with E-state index in [-0.39, 0.29) is 17.1 Å². The highest BCUT2D eigenvalue weighted by Gasteiger charge is 2.19. The number of thioether (sulfide) groups is 1. The molecule has 160 valence electrons. The van der Waals surface area contributed by atoms with Gasteiger partial charge in [0.05, 0.1) is 5.69 Å². The molecule has 2 heterocycles. The van der Waals surface area contributed by atoms with Crippen LogP contribution in [0.3, 0.4) is 0 Å². The Labute approximate surface area is 185 Å². The van der Waals surface area contributed by atoms with Gasteiger partial charge in [-0.25, -0.2) is 14.8 Å². The monoisotopic (exact) mass is 434 g/mol. The van der Waals surface area contributed by atoms with Crippen LogP contribution in [0.2, 0.25) is 0 Å².